The molecule has 200 valence electrons. The van der Waals surface area contributed by atoms with Crippen LogP contribution in [0.3, 0.4) is 0 Å². The highest BCUT2D eigenvalue weighted by Crippen LogP contribution is 2.34. The molecule has 1 amide bonds. The lowest BCUT2D eigenvalue weighted by atomic mass is 10.1. The maximum absolute atomic E-state index is 13.1. The molecule has 3 aromatic heterocycles. The Hall–Kier alpha value is -4.03. The number of hydrogen-bond donors (Lipinski definition) is 1. The maximum atomic E-state index is 13.1. The number of sulfone groups is 1. The highest BCUT2D eigenvalue weighted by atomic mass is 32.2. The van der Waals surface area contributed by atoms with Crippen molar-refractivity contribution in [2.75, 3.05) is 23.8 Å². The third kappa shape index (κ3) is 4.92. The molecule has 0 aliphatic carbocycles. The topological polar surface area (TPSA) is 114 Å². The SMILES string of the molecule is O=C(NCc1cc2nc(N3CCc4cc(C(F)F)cnc43)ccc2cn1)c1ccc2c(c1)S(=O)(=O)CCOC2. The van der Waals surface area contributed by atoms with Crippen LogP contribution in [0, 0.1) is 0 Å². The minimum atomic E-state index is -3.53. The number of carbonyl (C=O) groups excluding carboxylic acids is 1. The molecule has 1 aromatic carbocycles. The van der Waals surface area contributed by atoms with Gasteiger partial charge in [0.05, 0.1) is 41.6 Å². The van der Waals surface area contributed by atoms with Gasteiger partial charge >= 0.3 is 0 Å². The summed E-state index contributed by atoms with van der Waals surface area (Å²) in [6.07, 6.45) is 0.878. The van der Waals surface area contributed by atoms with E-state index < -0.39 is 22.2 Å². The van der Waals surface area contributed by atoms with Crippen LogP contribution in [-0.4, -0.2) is 48.2 Å². The molecule has 0 unspecified atom stereocenters. The van der Waals surface area contributed by atoms with E-state index in [1.807, 2.05) is 17.0 Å². The number of pyridine rings is 3. The van der Waals surface area contributed by atoms with Gasteiger partial charge in [0.2, 0.25) is 0 Å². The van der Waals surface area contributed by atoms with E-state index in [1.54, 1.807) is 24.4 Å². The van der Waals surface area contributed by atoms with E-state index in [9.17, 15) is 22.0 Å². The van der Waals surface area contributed by atoms with Crippen molar-refractivity contribution in [3.8, 4) is 0 Å². The number of benzene rings is 1. The standard InChI is InChI=1S/C27H23F2N5O4S/c28-25(29)20-9-16-5-6-34(26(16)31-13-20)24-4-3-18-12-30-21(11-22(18)33-24)14-32-27(35)17-1-2-19-15-38-7-8-39(36,37)23(19)10-17/h1-4,9-13,25H,5-8,14-15H2,(H,32,35). The third-order valence-corrected chi connectivity index (χ3v) is 8.57. The number of fused-ring (bicyclic) bond motifs is 3. The lowest BCUT2D eigenvalue weighted by Crippen LogP contribution is -2.24. The van der Waals surface area contributed by atoms with E-state index in [4.69, 9.17) is 9.72 Å². The molecule has 0 saturated heterocycles. The number of hydrogen-bond acceptors (Lipinski definition) is 8. The quantitative estimate of drug-likeness (QED) is 0.398. The third-order valence-electron chi connectivity index (χ3n) is 6.82. The molecule has 0 atom stereocenters. The van der Waals surface area contributed by atoms with Crippen LogP contribution in [0.25, 0.3) is 10.9 Å². The zero-order valence-electron chi connectivity index (χ0n) is 20.6. The number of halogens is 2. The minimum Gasteiger partial charge on any atom is -0.376 e. The maximum Gasteiger partial charge on any atom is 0.265 e. The summed E-state index contributed by atoms with van der Waals surface area (Å²) >= 11 is 0. The van der Waals surface area contributed by atoms with Crippen LogP contribution < -0.4 is 10.2 Å². The number of aromatic nitrogens is 3. The molecule has 2 aliphatic heterocycles. The summed E-state index contributed by atoms with van der Waals surface area (Å²) in [4.78, 5) is 28.2. The fraction of sp³-hybridized carbons (Fsp3) is 0.259. The smallest absolute Gasteiger partial charge is 0.265 e. The first kappa shape index (κ1) is 25.3. The van der Waals surface area contributed by atoms with Gasteiger partial charge in [-0.25, -0.2) is 27.2 Å². The molecular weight excluding hydrogens is 528 g/mol. The summed E-state index contributed by atoms with van der Waals surface area (Å²) in [6.45, 7) is 0.979. The van der Waals surface area contributed by atoms with Crippen molar-refractivity contribution in [2.45, 2.75) is 30.9 Å². The second-order valence-electron chi connectivity index (χ2n) is 9.37. The number of alkyl halides is 2. The molecule has 9 nitrogen and oxygen atoms in total. The summed E-state index contributed by atoms with van der Waals surface area (Å²) in [5, 5.41) is 3.59. The lowest BCUT2D eigenvalue weighted by Gasteiger charge is -2.18. The molecular formula is C27H23F2N5O4S. The fourth-order valence-electron chi connectivity index (χ4n) is 4.76. The van der Waals surface area contributed by atoms with Crippen molar-refractivity contribution < 1.29 is 26.7 Å². The second-order valence-corrected chi connectivity index (χ2v) is 11.4. The Morgan fingerprint density at radius 2 is 1.95 bits per heavy atom. The number of amides is 1. The van der Waals surface area contributed by atoms with Gasteiger partial charge in [-0.1, -0.05) is 6.07 Å². The van der Waals surface area contributed by atoms with E-state index >= 15 is 0 Å². The van der Waals surface area contributed by atoms with E-state index in [0.717, 1.165) is 10.9 Å². The van der Waals surface area contributed by atoms with Gasteiger partial charge in [-0.05, 0) is 53.9 Å². The predicted octanol–water partition coefficient (Wildman–Crippen LogP) is 3.89. The Morgan fingerprint density at radius 3 is 2.79 bits per heavy atom. The van der Waals surface area contributed by atoms with Crippen LogP contribution in [0.1, 0.15) is 39.2 Å². The van der Waals surface area contributed by atoms with Gasteiger partial charge in [0.1, 0.15) is 11.6 Å². The number of nitrogens with one attached hydrogen (secondary N) is 1. The van der Waals surface area contributed by atoms with Crippen LogP contribution in [-0.2, 0) is 34.1 Å². The number of carbonyl (C=O) groups is 1. The molecule has 6 rings (SSSR count). The van der Waals surface area contributed by atoms with Gasteiger partial charge in [-0.2, -0.15) is 0 Å². The lowest BCUT2D eigenvalue weighted by molar-refractivity contribution is 0.0950. The zero-order chi connectivity index (χ0) is 27.1. The Balaban J connectivity index is 1.20. The Bertz CT molecular complexity index is 1710. The summed E-state index contributed by atoms with van der Waals surface area (Å²) in [7, 11) is -3.53. The summed E-state index contributed by atoms with van der Waals surface area (Å²) < 4.78 is 56.5. The first-order chi connectivity index (χ1) is 18.8. The zero-order valence-corrected chi connectivity index (χ0v) is 21.4. The Morgan fingerprint density at radius 1 is 1.08 bits per heavy atom. The van der Waals surface area contributed by atoms with Crippen LogP contribution in [0.5, 0.6) is 0 Å². The van der Waals surface area contributed by atoms with Crippen LogP contribution in [0.4, 0.5) is 20.4 Å². The normalized spacial score (nSPS) is 16.1. The summed E-state index contributed by atoms with van der Waals surface area (Å²) in [5.74, 6) is 0.693. The number of nitrogens with zero attached hydrogens (tertiary/aromatic N) is 4. The molecule has 5 heterocycles. The van der Waals surface area contributed by atoms with E-state index in [0.29, 0.717) is 41.4 Å². The van der Waals surface area contributed by atoms with Crippen LogP contribution in [0.2, 0.25) is 0 Å². The van der Waals surface area contributed by atoms with E-state index in [1.165, 1.54) is 18.3 Å². The number of anilines is 2. The van der Waals surface area contributed by atoms with Crippen LogP contribution in [0.15, 0.2) is 59.8 Å². The largest absolute Gasteiger partial charge is 0.376 e. The Labute approximate surface area is 222 Å². The second kappa shape index (κ2) is 9.93. The molecule has 39 heavy (non-hydrogen) atoms. The minimum absolute atomic E-state index is 0.0960. The van der Waals surface area contributed by atoms with Crippen molar-refractivity contribution >= 4 is 38.3 Å². The predicted molar refractivity (Wildman–Crippen MR) is 139 cm³/mol. The van der Waals surface area contributed by atoms with Crippen molar-refractivity contribution in [3.05, 3.63) is 82.8 Å². The molecule has 0 saturated carbocycles. The van der Waals surface area contributed by atoms with Gasteiger partial charge in [0.15, 0.2) is 9.84 Å². The van der Waals surface area contributed by atoms with Crippen molar-refractivity contribution in [1.29, 1.82) is 0 Å². The van der Waals surface area contributed by atoms with E-state index in [2.05, 4.69) is 15.3 Å². The highest BCUT2D eigenvalue weighted by molar-refractivity contribution is 7.91. The van der Waals surface area contributed by atoms with Crippen LogP contribution >= 0.6 is 0 Å². The van der Waals surface area contributed by atoms with Gasteiger partial charge < -0.3 is 15.0 Å². The first-order valence-corrected chi connectivity index (χ1v) is 14.0. The monoisotopic (exact) mass is 551 g/mol. The molecule has 0 bridgehead atoms. The number of ether oxygens (including phenoxy) is 1. The van der Waals surface area contributed by atoms with Gasteiger partial charge in [0, 0.05) is 35.5 Å². The molecule has 4 aromatic rings. The average Bonchev–Trinajstić information content (AvgIpc) is 3.30. The molecule has 0 fully saturated rings. The highest BCUT2D eigenvalue weighted by Gasteiger charge is 2.25. The molecule has 12 heteroatoms. The van der Waals surface area contributed by atoms with Gasteiger partial charge in [-0.3, -0.25) is 9.78 Å². The summed E-state index contributed by atoms with van der Waals surface area (Å²) in [6, 6.07) is 11.5. The van der Waals surface area contributed by atoms with Crippen molar-refractivity contribution in [3.63, 3.8) is 0 Å². The first-order valence-electron chi connectivity index (χ1n) is 12.3. The van der Waals surface area contributed by atoms with Gasteiger partial charge in [-0.15, -0.1) is 0 Å². The molecule has 0 radical (unpaired) electrons. The molecule has 2 aliphatic rings. The average molecular weight is 552 g/mol. The molecule has 0 spiro atoms. The number of rotatable bonds is 5. The van der Waals surface area contributed by atoms with Gasteiger partial charge in [0.25, 0.3) is 12.3 Å². The Kier molecular flexibility index (Phi) is 6.43. The van der Waals surface area contributed by atoms with E-state index in [-0.39, 0.29) is 41.5 Å². The van der Waals surface area contributed by atoms with Crippen molar-refractivity contribution in [1.82, 2.24) is 20.3 Å². The molecule has 1 N–H and O–H groups in total. The van der Waals surface area contributed by atoms with Crippen molar-refractivity contribution in [2.24, 2.45) is 0 Å². The fourth-order valence-corrected chi connectivity index (χ4v) is 6.15. The summed E-state index contributed by atoms with van der Waals surface area (Å²) in [5.41, 5.74) is 2.65.